The van der Waals surface area contributed by atoms with Crippen LogP contribution in [-0.2, 0) is 11.2 Å². The fourth-order valence-corrected chi connectivity index (χ4v) is 3.60. The first-order valence-electron chi connectivity index (χ1n) is 7.12. The average molecular weight is 288 g/mol. The summed E-state index contributed by atoms with van der Waals surface area (Å²) in [7, 11) is 0. The van der Waals surface area contributed by atoms with E-state index in [0.29, 0.717) is 0 Å². The van der Waals surface area contributed by atoms with Crippen molar-refractivity contribution in [3.63, 3.8) is 0 Å². The second-order valence-corrected chi connectivity index (χ2v) is 6.44. The van der Waals surface area contributed by atoms with Gasteiger partial charge in [0.1, 0.15) is 0 Å². The molecule has 0 amide bonds. The molecular formula is C16H20N2OS. The van der Waals surface area contributed by atoms with E-state index in [1.807, 2.05) is 18.2 Å². The van der Waals surface area contributed by atoms with Crippen LogP contribution in [0.5, 0.6) is 0 Å². The van der Waals surface area contributed by atoms with Crippen molar-refractivity contribution in [2.75, 3.05) is 13.2 Å². The van der Waals surface area contributed by atoms with Crippen LogP contribution in [0.3, 0.4) is 0 Å². The Bertz CT molecular complexity index is 545. The highest BCUT2D eigenvalue weighted by atomic mass is 32.1. The Hall–Kier alpha value is -1.23. The standard InChI is InChI=1S/C16H20N2OS/c17-16(7-4-9-19-10-8-16)11-15-18-14(12-20-15)13-5-2-1-3-6-13/h1-3,5-6,12H,4,7-11,17H2. The van der Waals surface area contributed by atoms with E-state index in [2.05, 4.69) is 17.5 Å². The summed E-state index contributed by atoms with van der Waals surface area (Å²) in [6.45, 7) is 1.61. The molecule has 0 saturated carbocycles. The third kappa shape index (κ3) is 3.26. The van der Waals surface area contributed by atoms with Crippen LogP contribution in [0.25, 0.3) is 11.3 Å². The molecule has 4 heteroatoms. The van der Waals surface area contributed by atoms with Crippen LogP contribution >= 0.6 is 11.3 Å². The van der Waals surface area contributed by atoms with Crippen LogP contribution in [0.2, 0.25) is 0 Å². The molecule has 1 fully saturated rings. The summed E-state index contributed by atoms with van der Waals surface area (Å²) in [6.07, 6.45) is 3.85. The molecule has 1 aliphatic rings. The van der Waals surface area contributed by atoms with Crippen molar-refractivity contribution in [1.29, 1.82) is 0 Å². The number of thiazole rings is 1. The molecule has 3 nitrogen and oxygen atoms in total. The number of ether oxygens (including phenoxy) is 1. The summed E-state index contributed by atoms with van der Waals surface area (Å²) in [5.41, 5.74) is 8.60. The van der Waals surface area contributed by atoms with Crippen molar-refractivity contribution in [1.82, 2.24) is 4.98 Å². The number of benzene rings is 1. The zero-order valence-corrected chi connectivity index (χ0v) is 12.4. The zero-order chi connectivity index (χ0) is 13.8. The van der Waals surface area contributed by atoms with Gasteiger partial charge in [0.25, 0.3) is 0 Å². The molecule has 1 aromatic heterocycles. The normalized spacial score (nSPS) is 23.4. The third-order valence-corrected chi connectivity index (χ3v) is 4.68. The molecule has 0 radical (unpaired) electrons. The van der Waals surface area contributed by atoms with Gasteiger partial charge in [0.15, 0.2) is 0 Å². The van der Waals surface area contributed by atoms with Gasteiger partial charge in [-0.3, -0.25) is 0 Å². The van der Waals surface area contributed by atoms with Crippen molar-refractivity contribution in [2.24, 2.45) is 5.73 Å². The number of aromatic nitrogens is 1. The molecule has 1 atom stereocenters. The largest absolute Gasteiger partial charge is 0.381 e. The van der Waals surface area contributed by atoms with Gasteiger partial charge in [0, 0.05) is 36.1 Å². The monoisotopic (exact) mass is 288 g/mol. The Morgan fingerprint density at radius 3 is 2.90 bits per heavy atom. The molecule has 2 heterocycles. The number of hydrogen-bond acceptors (Lipinski definition) is 4. The highest BCUT2D eigenvalue weighted by molar-refractivity contribution is 7.09. The van der Waals surface area contributed by atoms with Crippen molar-refractivity contribution in [3.8, 4) is 11.3 Å². The minimum Gasteiger partial charge on any atom is -0.381 e. The van der Waals surface area contributed by atoms with Crippen LogP contribution < -0.4 is 5.73 Å². The van der Waals surface area contributed by atoms with Gasteiger partial charge in [-0.1, -0.05) is 30.3 Å². The van der Waals surface area contributed by atoms with Gasteiger partial charge in [0.2, 0.25) is 0 Å². The second-order valence-electron chi connectivity index (χ2n) is 5.50. The van der Waals surface area contributed by atoms with Crippen LogP contribution in [0.1, 0.15) is 24.3 Å². The molecule has 1 saturated heterocycles. The van der Waals surface area contributed by atoms with Crippen LogP contribution in [0, 0.1) is 0 Å². The van der Waals surface area contributed by atoms with E-state index in [4.69, 9.17) is 15.5 Å². The number of hydrogen-bond donors (Lipinski definition) is 1. The molecule has 2 N–H and O–H groups in total. The quantitative estimate of drug-likeness (QED) is 0.943. The summed E-state index contributed by atoms with van der Waals surface area (Å²) in [4.78, 5) is 4.75. The Kier molecular flexibility index (Phi) is 4.15. The molecule has 0 spiro atoms. The van der Waals surface area contributed by atoms with Crippen molar-refractivity contribution in [3.05, 3.63) is 40.7 Å². The Morgan fingerprint density at radius 1 is 1.20 bits per heavy atom. The molecule has 0 bridgehead atoms. The van der Waals surface area contributed by atoms with Gasteiger partial charge >= 0.3 is 0 Å². The van der Waals surface area contributed by atoms with Crippen LogP contribution in [-0.4, -0.2) is 23.7 Å². The summed E-state index contributed by atoms with van der Waals surface area (Å²) in [5.74, 6) is 0. The first-order valence-corrected chi connectivity index (χ1v) is 8.00. The second kappa shape index (κ2) is 6.04. The lowest BCUT2D eigenvalue weighted by molar-refractivity contribution is 0.139. The van der Waals surface area contributed by atoms with Gasteiger partial charge in [-0.05, 0) is 19.3 Å². The predicted molar refractivity (Wildman–Crippen MR) is 82.8 cm³/mol. The summed E-state index contributed by atoms with van der Waals surface area (Å²) in [5, 5.41) is 3.26. The van der Waals surface area contributed by atoms with E-state index >= 15 is 0 Å². The average Bonchev–Trinajstić information content (AvgIpc) is 2.81. The lowest BCUT2D eigenvalue weighted by atomic mass is 9.88. The SMILES string of the molecule is NC1(Cc2nc(-c3ccccc3)cs2)CCCOCC1. The lowest BCUT2D eigenvalue weighted by Gasteiger charge is -2.26. The fourth-order valence-electron chi connectivity index (χ4n) is 2.64. The highest BCUT2D eigenvalue weighted by Crippen LogP contribution is 2.27. The molecule has 0 aliphatic carbocycles. The lowest BCUT2D eigenvalue weighted by Crippen LogP contribution is -2.42. The first-order chi connectivity index (χ1) is 9.75. The summed E-state index contributed by atoms with van der Waals surface area (Å²) < 4.78 is 5.51. The molecule has 1 aliphatic heterocycles. The minimum absolute atomic E-state index is 0.150. The highest BCUT2D eigenvalue weighted by Gasteiger charge is 2.28. The molecule has 106 valence electrons. The van der Waals surface area contributed by atoms with E-state index in [1.165, 1.54) is 5.56 Å². The molecule has 1 aromatic carbocycles. The van der Waals surface area contributed by atoms with E-state index in [-0.39, 0.29) is 5.54 Å². The van der Waals surface area contributed by atoms with E-state index in [1.54, 1.807) is 11.3 Å². The topological polar surface area (TPSA) is 48.1 Å². The fraction of sp³-hybridized carbons (Fsp3) is 0.438. The molecule has 3 rings (SSSR count). The maximum absolute atomic E-state index is 6.53. The van der Waals surface area contributed by atoms with Gasteiger partial charge in [-0.15, -0.1) is 11.3 Å². The Balaban J connectivity index is 1.74. The molecular weight excluding hydrogens is 268 g/mol. The zero-order valence-electron chi connectivity index (χ0n) is 11.5. The van der Waals surface area contributed by atoms with Crippen molar-refractivity contribution >= 4 is 11.3 Å². The van der Waals surface area contributed by atoms with E-state index in [0.717, 1.165) is 49.6 Å². The number of nitrogens with two attached hydrogens (primary N) is 1. The smallest absolute Gasteiger partial charge is 0.0950 e. The summed E-state index contributed by atoms with van der Waals surface area (Å²) >= 11 is 1.71. The van der Waals surface area contributed by atoms with Crippen molar-refractivity contribution < 1.29 is 4.74 Å². The van der Waals surface area contributed by atoms with Gasteiger partial charge < -0.3 is 10.5 Å². The molecule has 2 aromatic rings. The minimum atomic E-state index is -0.150. The predicted octanol–water partition coefficient (Wildman–Crippen LogP) is 3.25. The van der Waals surface area contributed by atoms with Gasteiger partial charge in [0.05, 0.1) is 10.7 Å². The van der Waals surface area contributed by atoms with Crippen LogP contribution in [0.15, 0.2) is 35.7 Å². The van der Waals surface area contributed by atoms with Gasteiger partial charge in [-0.2, -0.15) is 0 Å². The number of rotatable bonds is 3. The third-order valence-electron chi connectivity index (χ3n) is 3.83. The van der Waals surface area contributed by atoms with E-state index < -0.39 is 0 Å². The maximum Gasteiger partial charge on any atom is 0.0950 e. The van der Waals surface area contributed by atoms with Crippen LogP contribution in [0.4, 0.5) is 0 Å². The molecule has 20 heavy (non-hydrogen) atoms. The molecule has 1 unspecified atom stereocenters. The van der Waals surface area contributed by atoms with Crippen molar-refractivity contribution in [2.45, 2.75) is 31.2 Å². The van der Waals surface area contributed by atoms with Gasteiger partial charge in [-0.25, -0.2) is 4.98 Å². The Morgan fingerprint density at radius 2 is 2.05 bits per heavy atom. The summed E-state index contributed by atoms with van der Waals surface area (Å²) in [6, 6.07) is 10.3. The number of nitrogens with zero attached hydrogens (tertiary/aromatic N) is 1. The van der Waals surface area contributed by atoms with E-state index in [9.17, 15) is 0 Å². The maximum atomic E-state index is 6.53. The first kappa shape index (κ1) is 13.7. The Labute approximate surface area is 123 Å².